The Kier molecular flexibility index (Phi) is 20.0. The zero-order valence-electron chi connectivity index (χ0n) is 18.6. The molecular weight excluding hydrogens is 336 g/mol. The summed E-state index contributed by atoms with van der Waals surface area (Å²) in [5.74, 6) is 0. The van der Waals surface area contributed by atoms with Gasteiger partial charge in [-0.05, 0) is 0 Å². The summed E-state index contributed by atoms with van der Waals surface area (Å²) in [5.41, 5.74) is 0. The number of unbranched alkanes of at least 4 members (excludes halogenated alkanes) is 12. The Morgan fingerprint density at radius 2 is 0.560 bits per heavy atom. The second kappa shape index (κ2) is 19.5. The molecule has 0 saturated heterocycles. The summed E-state index contributed by atoms with van der Waals surface area (Å²) in [6.07, 6.45) is 23.8. The monoisotopic (exact) mass is 388 g/mol. The van der Waals surface area contributed by atoms with Crippen LogP contribution in [0.15, 0.2) is 0 Å². The van der Waals surface area contributed by atoms with Crippen LogP contribution < -0.4 is 0 Å². The van der Waals surface area contributed by atoms with E-state index in [0.29, 0.717) is 0 Å². The molecule has 25 heavy (non-hydrogen) atoms. The van der Waals surface area contributed by atoms with Crippen LogP contribution in [0.2, 0.25) is 18.9 Å². The van der Waals surface area contributed by atoms with Gasteiger partial charge in [0.1, 0.15) is 0 Å². The Morgan fingerprint density at radius 3 is 0.760 bits per heavy atom. The molecule has 0 saturated carbocycles. The van der Waals surface area contributed by atoms with Gasteiger partial charge in [0.2, 0.25) is 0 Å². The third-order valence-corrected chi connectivity index (χ3v) is 15.1. The van der Waals surface area contributed by atoms with Crippen LogP contribution in [0.1, 0.15) is 130 Å². The van der Waals surface area contributed by atoms with E-state index in [1.54, 1.807) is 44.6 Å². The van der Waals surface area contributed by atoms with E-state index < -0.39 is 16.6 Å². The van der Waals surface area contributed by atoms with E-state index in [0.717, 1.165) is 0 Å². The molecule has 0 fully saturated rings. The predicted octanol–water partition coefficient (Wildman–Crippen LogP) is 10.1. The standard InChI is InChI=1S/4C6H13.Ti/c4*1-3-5-6-4-2;/h4*1,3-6H2,2H3;. The second-order valence-electron chi connectivity index (χ2n) is 8.74. The van der Waals surface area contributed by atoms with Gasteiger partial charge in [0.15, 0.2) is 0 Å². The fraction of sp³-hybridized carbons (Fsp3) is 1.00. The molecule has 0 amide bonds. The van der Waals surface area contributed by atoms with Crippen LogP contribution in [0, 0.1) is 0 Å². The Bertz CT molecular complexity index is 195. The third kappa shape index (κ3) is 15.5. The van der Waals surface area contributed by atoms with Gasteiger partial charge in [0.25, 0.3) is 0 Å². The average molecular weight is 389 g/mol. The summed E-state index contributed by atoms with van der Waals surface area (Å²) >= 11 is -1.59. The number of rotatable bonds is 20. The van der Waals surface area contributed by atoms with E-state index in [2.05, 4.69) is 27.7 Å². The van der Waals surface area contributed by atoms with Gasteiger partial charge in [-0.25, -0.2) is 0 Å². The fourth-order valence-corrected chi connectivity index (χ4v) is 13.0. The van der Waals surface area contributed by atoms with Gasteiger partial charge in [0, 0.05) is 0 Å². The van der Waals surface area contributed by atoms with Crippen molar-refractivity contribution >= 4 is 0 Å². The molecule has 0 unspecified atom stereocenters. The van der Waals surface area contributed by atoms with Crippen molar-refractivity contribution in [2.24, 2.45) is 0 Å². The van der Waals surface area contributed by atoms with E-state index in [-0.39, 0.29) is 0 Å². The van der Waals surface area contributed by atoms with Crippen LogP contribution in [0.3, 0.4) is 0 Å². The van der Waals surface area contributed by atoms with Crippen molar-refractivity contribution in [1.82, 2.24) is 0 Å². The zero-order valence-corrected chi connectivity index (χ0v) is 20.2. The van der Waals surface area contributed by atoms with E-state index in [9.17, 15) is 0 Å². The van der Waals surface area contributed by atoms with Crippen molar-refractivity contribution in [2.45, 2.75) is 149 Å². The molecule has 0 aliphatic rings. The van der Waals surface area contributed by atoms with Gasteiger partial charge >= 0.3 is 166 Å². The van der Waals surface area contributed by atoms with Gasteiger partial charge < -0.3 is 0 Å². The molecule has 0 spiro atoms. The summed E-state index contributed by atoms with van der Waals surface area (Å²) in [7, 11) is 0. The minimum absolute atomic E-state index is 1.39. The van der Waals surface area contributed by atoms with E-state index in [4.69, 9.17) is 0 Å². The molecule has 0 aromatic heterocycles. The second-order valence-corrected chi connectivity index (χ2v) is 16.6. The molecule has 152 valence electrons. The SMILES string of the molecule is CCCCC[CH2][Ti]([CH2]CCCCC)([CH2]CCCCC)[CH2]CCCCC. The Hall–Kier alpha value is 0.714. The van der Waals surface area contributed by atoms with Crippen LogP contribution in [0.4, 0.5) is 0 Å². The molecule has 0 aliphatic carbocycles. The van der Waals surface area contributed by atoms with E-state index in [1.807, 2.05) is 0 Å². The molecule has 0 atom stereocenters. The van der Waals surface area contributed by atoms with E-state index >= 15 is 0 Å². The quantitative estimate of drug-likeness (QED) is 0.144. The fourth-order valence-electron chi connectivity index (χ4n) is 4.46. The van der Waals surface area contributed by atoms with Crippen molar-refractivity contribution in [3.63, 3.8) is 0 Å². The molecule has 0 aromatic carbocycles. The summed E-state index contributed by atoms with van der Waals surface area (Å²) in [5, 5.41) is 0. The average Bonchev–Trinajstić information content (AvgIpc) is 2.63. The van der Waals surface area contributed by atoms with Gasteiger partial charge in [-0.1, -0.05) is 0 Å². The van der Waals surface area contributed by atoms with Gasteiger partial charge in [-0.2, -0.15) is 0 Å². The molecule has 0 radical (unpaired) electrons. The van der Waals surface area contributed by atoms with Crippen molar-refractivity contribution in [3.8, 4) is 0 Å². The molecule has 1 heteroatoms. The first-order chi connectivity index (χ1) is 12.2. The van der Waals surface area contributed by atoms with Crippen molar-refractivity contribution < 1.29 is 16.6 Å². The molecule has 0 aliphatic heterocycles. The van der Waals surface area contributed by atoms with Crippen molar-refractivity contribution in [3.05, 3.63) is 0 Å². The maximum atomic E-state index is 2.36. The van der Waals surface area contributed by atoms with Gasteiger partial charge in [0.05, 0.1) is 0 Å². The van der Waals surface area contributed by atoms with Crippen LogP contribution in [0.25, 0.3) is 0 Å². The number of hydrogen-bond acceptors (Lipinski definition) is 0. The van der Waals surface area contributed by atoms with Crippen molar-refractivity contribution in [1.29, 1.82) is 0 Å². The molecular formula is C24H52Ti. The number of hydrogen-bond donors (Lipinski definition) is 0. The molecule has 0 N–H and O–H groups in total. The Morgan fingerprint density at radius 1 is 0.320 bits per heavy atom. The first kappa shape index (κ1) is 25.7. The maximum absolute atomic E-state index is 2.36. The normalized spacial score (nSPS) is 12.0. The van der Waals surface area contributed by atoms with Crippen LogP contribution in [0.5, 0.6) is 0 Å². The van der Waals surface area contributed by atoms with Crippen LogP contribution >= 0.6 is 0 Å². The first-order valence-corrected chi connectivity index (χ1v) is 16.7. The molecule has 0 bridgehead atoms. The first-order valence-electron chi connectivity index (χ1n) is 12.2. The predicted molar refractivity (Wildman–Crippen MR) is 116 cm³/mol. The summed E-state index contributed by atoms with van der Waals surface area (Å²) in [6.45, 7) is 9.42. The minimum atomic E-state index is -1.59. The van der Waals surface area contributed by atoms with E-state index in [1.165, 1.54) is 77.0 Å². The molecule has 0 heterocycles. The third-order valence-electron chi connectivity index (χ3n) is 6.24. The summed E-state index contributed by atoms with van der Waals surface area (Å²) in [4.78, 5) is 0. The van der Waals surface area contributed by atoms with Crippen LogP contribution in [-0.4, -0.2) is 0 Å². The molecule has 0 aromatic rings. The topological polar surface area (TPSA) is 0 Å². The summed E-state index contributed by atoms with van der Waals surface area (Å²) < 4.78 is 6.85. The van der Waals surface area contributed by atoms with Gasteiger partial charge in [-0.3, -0.25) is 0 Å². The molecule has 0 rings (SSSR count). The Labute approximate surface area is 165 Å². The van der Waals surface area contributed by atoms with Gasteiger partial charge in [-0.15, -0.1) is 0 Å². The van der Waals surface area contributed by atoms with Crippen LogP contribution in [-0.2, 0) is 16.6 Å². The summed E-state index contributed by atoms with van der Waals surface area (Å²) in [6, 6.07) is 0. The zero-order chi connectivity index (χ0) is 18.6. The molecule has 0 nitrogen and oxygen atoms in total. The Balaban J connectivity index is 4.62. The van der Waals surface area contributed by atoms with Crippen molar-refractivity contribution in [2.75, 3.05) is 0 Å².